The molecule has 0 aliphatic rings. The number of aromatic nitrogens is 2. The smallest absolute Gasteiger partial charge is 0.119 e. The van der Waals surface area contributed by atoms with Crippen molar-refractivity contribution >= 4 is 5.52 Å². The SMILES string of the molecule is COc1cccc(CC(NN)c2cnn3ccccc23)c1. The third kappa shape index (κ3) is 2.74. The normalized spacial score (nSPS) is 12.5. The Morgan fingerprint density at radius 2 is 2.19 bits per heavy atom. The molecule has 108 valence electrons. The highest BCUT2D eigenvalue weighted by Crippen LogP contribution is 2.23. The number of nitrogens with two attached hydrogens (primary N) is 1. The van der Waals surface area contributed by atoms with Gasteiger partial charge >= 0.3 is 0 Å². The number of ether oxygens (including phenoxy) is 1. The van der Waals surface area contributed by atoms with Gasteiger partial charge in [0.05, 0.1) is 24.9 Å². The molecule has 0 saturated carbocycles. The lowest BCUT2D eigenvalue weighted by Gasteiger charge is -2.15. The molecule has 1 unspecified atom stereocenters. The summed E-state index contributed by atoms with van der Waals surface area (Å²) in [6.45, 7) is 0. The molecule has 3 aromatic rings. The van der Waals surface area contributed by atoms with E-state index in [2.05, 4.69) is 16.6 Å². The van der Waals surface area contributed by atoms with Crippen LogP contribution in [-0.4, -0.2) is 16.7 Å². The summed E-state index contributed by atoms with van der Waals surface area (Å²) in [6.07, 6.45) is 4.56. The Kier molecular flexibility index (Phi) is 3.85. The number of hydrogen-bond acceptors (Lipinski definition) is 4. The molecule has 0 spiro atoms. The molecule has 0 fully saturated rings. The highest BCUT2D eigenvalue weighted by molar-refractivity contribution is 5.55. The van der Waals surface area contributed by atoms with Gasteiger partial charge in [0.2, 0.25) is 0 Å². The largest absolute Gasteiger partial charge is 0.497 e. The minimum atomic E-state index is -0.00277. The number of benzene rings is 1. The van der Waals surface area contributed by atoms with E-state index in [1.165, 1.54) is 0 Å². The Labute approximate surface area is 123 Å². The maximum Gasteiger partial charge on any atom is 0.119 e. The summed E-state index contributed by atoms with van der Waals surface area (Å²) in [5.41, 5.74) is 6.19. The molecule has 5 nitrogen and oxygen atoms in total. The Morgan fingerprint density at radius 3 is 3.00 bits per heavy atom. The van der Waals surface area contributed by atoms with Crippen LogP contribution < -0.4 is 16.0 Å². The molecule has 0 aliphatic carbocycles. The second-order valence-electron chi connectivity index (χ2n) is 4.91. The zero-order valence-corrected chi connectivity index (χ0v) is 11.9. The van der Waals surface area contributed by atoms with Crippen molar-refractivity contribution in [2.75, 3.05) is 7.11 Å². The Morgan fingerprint density at radius 1 is 1.29 bits per heavy atom. The summed E-state index contributed by atoms with van der Waals surface area (Å²) >= 11 is 0. The molecule has 1 aromatic carbocycles. The first-order valence-electron chi connectivity index (χ1n) is 6.83. The fraction of sp³-hybridized carbons (Fsp3) is 0.188. The Hall–Kier alpha value is -2.37. The molecule has 21 heavy (non-hydrogen) atoms. The van der Waals surface area contributed by atoms with Gasteiger partial charge in [0.1, 0.15) is 5.75 Å². The van der Waals surface area contributed by atoms with Gasteiger partial charge < -0.3 is 4.74 Å². The summed E-state index contributed by atoms with van der Waals surface area (Å²) in [5.74, 6) is 6.61. The lowest BCUT2D eigenvalue weighted by Crippen LogP contribution is -2.29. The van der Waals surface area contributed by atoms with Gasteiger partial charge in [-0.3, -0.25) is 11.3 Å². The van der Waals surface area contributed by atoms with E-state index in [4.69, 9.17) is 10.6 Å². The quantitative estimate of drug-likeness (QED) is 0.555. The fourth-order valence-electron chi connectivity index (χ4n) is 2.52. The molecule has 2 heterocycles. The van der Waals surface area contributed by atoms with Gasteiger partial charge in [-0.1, -0.05) is 18.2 Å². The first-order valence-corrected chi connectivity index (χ1v) is 6.83. The second-order valence-corrected chi connectivity index (χ2v) is 4.91. The molecule has 2 aromatic heterocycles. The van der Waals surface area contributed by atoms with Crippen LogP contribution in [0.3, 0.4) is 0 Å². The van der Waals surface area contributed by atoms with Crippen molar-refractivity contribution in [2.24, 2.45) is 5.84 Å². The fourth-order valence-corrected chi connectivity index (χ4v) is 2.52. The van der Waals surface area contributed by atoms with Crippen molar-refractivity contribution in [3.05, 3.63) is 66.0 Å². The first kappa shape index (κ1) is 13.6. The third-order valence-electron chi connectivity index (χ3n) is 3.61. The van der Waals surface area contributed by atoms with Crippen molar-refractivity contribution in [3.63, 3.8) is 0 Å². The van der Waals surface area contributed by atoms with E-state index in [0.29, 0.717) is 0 Å². The predicted octanol–water partition coefficient (Wildman–Crippen LogP) is 2.09. The van der Waals surface area contributed by atoms with Gasteiger partial charge in [-0.15, -0.1) is 0 Å². The van der Waals surface area contributed by atoms with Crippen LogP contribution in [0.2, 0.25) is 0 Å². The molecule has 5 heteroatoms. The summed E-state index contributed by atoms with van der Waals surface area (Å²) in [6, 6.07) is 14.0. The summed E-state index contributed by atoms with van der Waals surface area (Å²) in [5, 5.41) is 4.36. The zero-order valence-electron chi connectivity index (χ0n) is 11.9. The molecule has 0 amide bonds. The van der Waals surface area contributed by atoms with Gasteiger partial charge in [-0.2, -0.15) is 5.10 Å². The van der Waals surface area contributed by atoms with Crippen molar-refractivity contribution in [1.82, 2.24) is 15.0 Å². The molecule has 0 radical (unpaired) electrons. The number of nitrogens with zero attached hydrogens (tertiary/aromatic N) is 2. The van der Waals surface area contributed by atoms with E-state index in [1.54, 1.807) is 7.11 Å². The van der Waals surface area contributed by atoms with Crippen LogP contribution in [0.1, 0.15) is 17.2 Å². The summed E-state index contributed by atoms with van der Waals surface area (Å²) < 4.78 is 7.12. The number of pyridine rings is 1. The molecule has 1 atom stereocenters. The monoisotopic (exact) mass is 282 g/mol. The zero-order chi connectivity index (χ0) is 14.7. The van der Waals surface area contributed by atoms with Crippen LogP contribution in [0.4, 0.5) is 0 Å². The predicted molar refractivity (Wildman–Crippen MR) is 82.0 cm³/mol. The molecule has 0 saturated heterocycles. The highest BCUT2D eigenvalue weighted by Gasteiger charge is 2.15. The van der Waals surface area contributed by atoms with Crippen molar-refractivity contribution in [1.29, 1.82) is 0 Å². The van der Waals surface area contributed by atoms with Crippen LogP contribution in [0.15, 0.2) is 54.9 Å². The van der Waals surface area contributed by atoms with E-state index in [-0.39, 0.29) is 6.04 Å². The van der Waals surface area contributed by atoms with Crippen LogP contribution in [0, 0.1) is 0 Å². The standard InChI is InChI=1S/C16H18N4O/c1-21-13-6-4-5-12(9-13)10-15(19-17)14-11-18-20-8-3-2-7-16(14)20/h2-9,11,15,19H,10,17H2,1H3. The average molecular weight is 282 g/mol. The maximum absolute atomic E-state index is 5.76. The van der Waals surface area contributed by atoms with Crippen LogP contribution in [0.25, 0.3) is 5.52 Å². The molecule has 3 rings (SSSR count). The topological polar surface area (TPSA) is 64.6 Å². The van der Waals surface area contributed by atoms with E-state index >= 15 is 0 Å². The van der Waals surface area contributed by atoms with Gasteiger partial charge in [0, 0.05) is 11.8 Å². The molecule has 0 aliphatic heterocycles. The van der Waals surface area contributed by atoms with Gasteiger partial charge in [-0.05, 0) is 36.2 Å². The van der Waals surface area contributed by atoms with Crippen molar-refractivity contribution in [2.45, 2.75) is 12.5 Å². The number of methoxy groups -OCH3 is 1. The summed E-state index contributed by atoms with van der Waals surface area (Å²) in [4.78, 5) is 0. The number of rotatable bonds is 5. The number of hydrogen-bond donors (Lipinski definition) is 2. The van der Waals surface area contributed by atoms with Gasteiger partial charge in [0.15, 0.2) is 0 Å². The van der Waals surface area contributed by atoms with E-state index < -0.39 is 0 Å². The van der Waals surface area contributed by atoms with Crippen molar-refractivity contribution in [3.8, 4) is 5.75 Å². The molecular weight excluding hydrogens is 264 g/mol. The highest BCUT2D eigenvalue weighted by atomic mass is 16.5. The van der Waals surface area contributed by atoms with Crippen molar-refractivity contribution < 1.29 is 4.74 Å². The molecule has 0 bridgehead atoms. The number of hydrazine groups is 1. The minimum absolute atomic E-state index is 0.00277. The van der Waals surface area contributed by atoms with E-state index in [0.717, 1.165) is 28.8 Å². The first-order chi connectivity index (χ1) is 10.3. The van der Waals surface area contributed by atoms with E-state index in [1.807, 2.05) is 53.3 Å². The third-order valence-corrected chi connectivity index (χ3v) is 3.61. The van der Waals surface area contributed by atoms with Crippen LogP contribution >= 0.6 is 0 Å². The average Bonchev–Trinajstić information content (AvgIpc) is 2.97. The van der Waals surface area contributed by atoms with E-state index in [9.17, 15) is 0 Å². The number of fused-ring (bicyclic) bond motifs is 1. The van der Waals surface area contributed by atoms with Gasteiger partial charge in [0.25, 0.3) is 0 Å². The van der Waals surface area contributed by atoms with Crippen LogP contribution in [0.5, 0.6) is 5.75 Å². The molecular formula is C16H18N4O. The summed E-state index contributed by atoms with van der Waals surface area (Å²) in [7, 11) is 1.67. The minimum Gasteiger partial charge on any atom is -0.497 e. The lowest BCUT2D eigenvalue weighted by atomic mass is 10.0. The number of nitrogens with one attached hydrogen (secondary N) is 1. The van der Waals surface area contributed by atoms with Crippen LogP contribution in [-0.2, 0) is 6.42 Å². The Bertz CT molecular complexity index is 738. The molecule has 3 N–H and O–H groups in total. The lowest BCUT2D eigenvalue weighted by molar-refractivity contribution is 0.414. The maximum atomic E-state index is 5.76. The Balaban J connectivity index is 1.91. The second kappa shape index (κ2) is 5.95. The van der Waals surface area contributed by atoms with Gasteiger partial charge in [-0.25, -0.2) is 4.52 Å².